The molecule has 25 heavy (non-hydrogen) atoms. The minimum Gasteiger partial charge on any atom is -0.379 e. The van der Waals surface area contributed by atoms with Crippen molar-refractivity contribution in [2.45, 2.75) is 13.0 Å². The van der Waals surface area contributed by atoms with Crippen LogP contribution in [0.5, 0.6) is 0 Å². The van der Waals surface area contributed by atoms with Gasteiger partial charge in [0.25, 0.3) is 5.91 Å². The highest BCUT2D eigenvalue weighted by Gasteiger charge is 2.28. The van der Waals surface area contributed by atoms with Crippen molar-refractivity contribution in [2.75, 3.05) is 26.3 Å². The normalized spacial score (nSPS) is 16.7. The van der Waals surface area contributed by atoms with Gasteiger partial charge in [-0.15, -0.1) is 0 Å². The third-order valence-electron chi connectivity index (χ3n) is 4.15. The Balaban J connectivity index is 1.71. The lowest BCUT2D eigenvalue weighted by atomic mass is 10.1. The number of carbonyl (C=O) groups is 1. The maximum absolute atomic E-state index is 12.8. The first-order chi connectivity index (χ1) is 12.2. The first kappa shape index (κ1) is 17.3. The quantitative estimate of drug-likeness (QED) is 0.668. The van der Waals surface area contributed by atoms with Gasteiger partial charge in [-0.3, -0.25) is 14.7 Å². The fourth-order valence-electron chi connectivity index (χ4n) is 2.79. The molecule has 3 rings (SSSR count). The van der Waals surface area contributed by atoms with E-state index in [0.717, 1.165) is 11.1 Å². The predicted octanol–water partition coefficient (Wildman–Crippen LogP) is 1.91. The largest absolute Gasteiger partial charge is 0.379 e. The summed E-state index contributed by atoms with van der Waals surface area (Å²) in [6.07, 6.45) is 5.05. The molecule has 1 aliphatic rings. The molecule has 6 nitrogen and oxygen atoms in total. The maximum Gasteiger partial charge on any atom is 0.262 e. The molecule has 1 fully saturated rings. The van der Waals surface area contributed by atoms with E-state index in [2.05, 4.69) is 20.4 Å². The number of morpholine rings is 1. The van der Waals surface area contributed by atoms with Crippen LogP contribution in [-0.4, -0.2) is 48.3 Å². The molecule has 2 heterocycles. The fraction of sp³-hybridized carbons (Fsp3) is 0.316. The van der Waals surface area contributed by atoms with E-state index in [1.807, 2.05) is 43.3 Å². The molecule has 1 aromatic heterocycles. The number of pyridine rings is 1. The summed E-state index contributed by atoms with van der Waals surface area (Å²) < 4.78 is 5.40. The second kappa shape index (κ2) is 8.50. The number of benzene rings is 1. The second-order valence-corrected chi connectivity index (χ2v) is 5.98. The number of aryl methyl sites for hydroxylation is 1. The maximum atomic E-state index is 12.8. The van der Waals surface area contributed by atoms with Crippen LogP contribution in [0, 0.1) is 6.92 Å². The van der Waals surface area contributed by atoms with Gasteiger partial charge in [0.1, 0.15) is 6.04 Å². The monoisotopic (exact) mass is 338 g/mol. The summed E-state index contributed by atoms with van der Waals surface area (Å²) in [5, 5.41) is 4.11. The average Bonchev–Trinajstić information content (AvgIpc) is 2.65. The molecule has 6 heteroatoms. The minimum absolute atomic E-state index is 0.156. The fourth-order valence-corrected chi connectivity index (χ4v) is 2.79. The lowest BCUT2D eigenvalue weighted by Crippen LogP contribution is -2.44. The van der Waals surface area contributed by atoms with E-state index in [0.29, 0.717) is 26.3 Å². The highest BCUT2D eigenvalue weighted by atomic mass is 16.5. The zero-order valence-corrected chi connectivity index (χ0v) is 14.3. The number of ether oxygens (including phenoxy) is 1. The predicted molar refractivity (Wildman–Crippen MR) is 96.3 cm³/mol. The topological polar surface area (TPSA) is 66.8 Å². The molecule has 1 aromatic carbocycles. The molecule has 1 aliphatic heterocycles. The van der Waals surface area contributed by atoms with Crippen LogP contribution < -0.4 is 5.43 Å². The standard InChI is InChI=1S/C19H22N4O2/c1-15-2-4-16(5-3-15)14-21-22-19(24)18(17-6-8-20-9-7-17)23-10-12-25-13-11-23/h2-9,14,18H,10-13H2,1H3,(H,22,24). The lowest BCUT2D eigenvalue weighted by molar-refractivity contribution is -0.128. The van der Waals surface area contributed by atoms with Gasteiger partial charge in [-0.2, -0.15) is 5.10 Å². The van der Waals surface area contributed by atoms with Crippen molar-refractivity contribution in [3.8, 4) is 0 Å². The summed E-state index contributed by atoms with van der Waals surface area (Å²) in [7, 11) is 0. The molecule has 0 saturated carbocycles. The molecule has 1 amide bonds. The van der Waals surface area contributed by atoms with Gasteiger partial charge in [0, 0.05) is 25.5 Å². The van der Waals surface area contributed by atoms with E-state index in [4.69, 9.17) is 4.74 Å². The zero-order valence-electron chi connectivity index (χ0n) is 14.3. The summed E-state index contributed by atoms with van der Waals surface area (Å²) in [6.45, 7) is 4.71. The summed E-state index contributed by atoms with van der Waals surface area (Å²) in [4.78, 5) is 18.9. The Morgan fingerprint density at radius 3 is 2.56 bits per heavy atom. The van der Waals surface area contributed by atoms with Crippen molar-refractivity contribution in [1.29, 1.82) is 0 Å². The molecular weight excluding hydrogens is 316 g/mol. The smallest absolute Gasteiger partial charge is 0.262 e. The number of carbonyl (C=O) groups excluding carboxylic acids is 1. The number of aromatic nitrogens is 1. The van der Waals surface area contributed by atoms with Crippen molar-refractivity contribution >= 4 is 12.1 Å². The van der Waals surface area contributed by atoms with E-state index in [1.54, 1.807) is 18.6 Å². The van der Waals surface area contributed by atoms with Crippen molar-refractivity contribution < 1.29 is 9.53 Å². The molecule has 0 radical (unpaired) electrons. The van der Waals surface area contributed by atoms with Gasteiger partial charge < -0.3 is 4.74 Å². The van der Waals surface area contributed by atoms with E-state index in [9.17, 15) is 4.79 Å². The average molecular weight is 338 g/mol. The summed E-state index contributed by atoms with van der Waals surface area (Å²) in [5.74, 6) is -0.156. The Morgan fingerprint density at radius 1 is 1.20 bits per heavy atom. The number of rotatable bonds is 5. The summed E-state index contributed by atoms with van der Waals surface area (Å²) in [6, 6.07) is 11.3. The third-order valence-corrected chi connectivity index (χ3v) is 4.15. The molecule has 0 spiro atoms. The van der Waals surface area contributed by atoms with Crippen LogP contribution in [0.3, 0.4) is 0 Å². The Labute approximate surface area is 147 Å². The van der Waals surface area contributed by atoms with Crippen LogP contribution in [-0.2, 0) is 9.53 Å². The number of nitrogens with one attached hydrogen (secondary N) is 1. The lowest BCUT2D eigenvalue weighted by Gasteiger charge is -2.33. The number of hydrazone groups is 1. The van der Waals surface area contributed by atoms with Crippen LogP contribution in [0.1, 0.15) is 22.7 Å². The van der Waals surface area contributed by atoms with Gasteiger partial charge in [-0.05, 0) is 30.2 Å². The Morgan fingerprint density at radius 2 is 1.88 bits per heavy atom. The first-order valence-electron chi connectivity index (χ1n) is 8.35. The number of nitrogens with zero attached hydrogens (tertiary/aromatic N) is 3. The third kappa shape index (κ3) is 4.71. The Kier molecular flexibility index (Phi) is 5.87. The van der Waals surface area contributed by atoms with E-state index < -0.39 is 6.04 Å². The van der Waals surface area contributed by atoms with Crippen LogP contribution in [0.25, 0.3) is 0 Å². The Hall–Kier alpha value is -2.57. The van der Waals surface area contributed by atoms with E-state index in [1.165, 1.54) is 5.56 Å². The molecular formula is C19H22N4O2. The highest BCUT2D eigenvalue weighted by molar-refractivity contribution is 5.85. The van der Waals surface area contributed by atoms with Gasteiger partial charge >= 0.3 is 0 Å². The molecule has 0 bridgehead atoms. The molecule has 1 N–H and O–H groups in total. The molecule has 1 unspecified atom stereocenters. The zero-order chi connectivity index (χ0) is 17.5. The van der Waals surface area contributed by atoms with E-state index >= 15 is 0 Å². The number of amides is 1. The minimum atomic E-state index is -0.401. The molecule has 1 saturated heterocycles. The van der Waals surface area contributed by atoms with Crippen molar-refractivity contribution in [3.63, 3.8) is 0 Å². The van der Waals surface area contributed by atoms with Gasteiger partial charge in [0.15, 0.2) is 0 Å². The van der Waals surface area contributed by atoms with Gasteiger partial charge in [-0.1, -0.05) is 29.8 Å². The van der Waals surface area contributed by atoms with Crippen molar-refractivity contribution in [3.05, 3.63) is 65.5 Å². The SMILES string of the molecule is Cc1ccc(C=NNC(=O)C(c2ccncc2)N2CCOCC2)cc1. The highest BCUT2D eigenvalue weighted by Crippen LogP contribution is 2.21. The molecule has 2 aromatic rings. The summed E-state index contributed by atoms with van der Waals surface area (Å²) in [5.41, 5.74) is 5.70. The van der Waals surface area contributed by atoms with Crippen molar-refractivity contribution in [2.24, 2.45) is 5.10 Å². The number of hydrogen-bond acceptors (Lipinski definition) is 5. The molecule has 1 atom stereocenters. The van der Waals surface area contributed by atoms with Gasteiger partial charge in [0.2, 0.25) is 0 Å². The van der Waals surface area contributed by atoms with Gasteiger partial charge in [-0.25, -0.2) is 5.43 Å². The first-order valence-corrected chi connectivity index (χ1v) is 8.35. The van der Waals surface area contributed by atoms with Crippen LogP contribution >= 0.6 is 0 Å². The number of hydrogen-bond donors (Lipinski definition) is 1. The van der Waals surface area contributed by atoms with Crippen LogP contribution in [0.15, 0.2) is 53.9 Å². The molecule has 0 aliphatic carbocycles. The van der Waals surface area contributed by atoms with E-state index in [-0.39, 0.29) is 5.91 Å². The molecule has 130 valence electrons. The van der Waals surface area contributed by atoms with Crippen molar-refractivity contribution in [1.82, 2.24) is 15.3 Å². The Bertz CT molecular complexity index is 710. The van der Waals surface area contributed by atoms with Gasteiger partial charge in [0.05, 0.1) is 19.4 Å². The second-order valence-electron chi connectivity index (χ2n) is 5.98. The van der Waals surface area contributed by atoms with Crippen LogP contribution in [0.2, 0.25) is 0 Å². The van der Waals surface area contributed by atoms with Crippen LogP contribution in [0.4, 0.5) is 0 Å². The summed E-state index contributed by atoms with van der Waals surface area (Å²) >= 11 is 0.